The van der Waals surface area contributed by atoms with Crippen molar-refractivity contribution in [2.24, 2.45) is 11.7 Å². The highest BCUT2D eigenvalue weighted by molar-refractivity contribution is 5.74. The maximum atomic E-state index is 11.1. The number of amides is 1. The van der Waals surface area contributed by atoms with Crippen molar-refractivity contribution in [1.82, 2.24) is 0 Å². The van der Waals surface area contributed by atoms with Crippen molar-refractivity contribution in [3.05, 3.63) is 58.7 Å². The summed E-state index contributed by atoms with van der Waals surface area (Å²) in [7, 11) is 0. The first-order valence-electron chi connectivity index (χ1n) is 9.95. The summed E-state index contributed by atoms with van der Waals surface area (Å²) in [5, 5.41) is 20.2. The summed E-state index contributed by atoms with van der Waals surface area (Å²) in [6.07, 6.45) is 6.52. The van der Waals surface area contributed by atoms with Gasteiger partial charge in [0.15, 0.2) is 0 Å². The molecule has 3 atom stereocenters. The van der Waals surface area contributed by atoms with Gasteiger partial charge in [0.1, 0.15) is 11.5 Å². The van der Waals surface area contributed by atoms with Crippen molar-refractivity contribution in [2.45, 2.75) is 56.8 Å². The van der Waals surface area contributed by atoms with Crippen molar-refractivity contribution in [2.75, 3.05) is 0 Å². The highest BCUT2D eigenvalue weighted by Gasteiger charge is 2.39. The van der Waals surface area contributed by atoms with Gasteiger partial charge in [0.2, 0.25) is 5.91 Å². The van der Waals surface area contributed by atoms with E-state index in [-0.39, 0.29) is 12.3 Å². The Bertz CT molecular complexity index is 843. The second-order valence-corrected chi connectivity index (χ2v) is 8.10. The Morgan fingerprint density at radius 2 is 1.78 bits per heavy atom. The fraction of sp³-hybridized carbons (Fsp3) is 0.435. The maximum Gasteiger partial charge on any atom is 0.217 e. The number of aromatic hydroxyl groups is 2. The lowest BCUT2D eigenvalue weighted by Gasteiger charge is -2.43. The third-order valence-electron chi connectivity index (χ3n) is 6.48. The fourth-order valence-electron chi connectivity index (χ4n) is 5.18. The number of nitrogens with two attached hydrogens (primary N) is 1. The molecule has 4 nitrogen and oxygen atoms in total. The van der Waals surface area contributed by atoms with E-state index in [1.165, 1.54) is 36.0 Å². The largest absolute Gasteiger partial charge is 0.508 e. The summed E-state index contributed by atoms with van der Waals surface area (Å²) in [6.45, 7) is 0. The standard InChI is InChI=1S/C23H27NO3/c24-23(27)10-7-15-11-16-12-20(14-5-8-17(25)9-6-14)18-3-1-2-4-19(18)21(16)13-22(15)26/h5-6,8-9,11,13,18-20,25-26H,1-4,7,10,12H2,(H2,24,27)/t18-,19+,20-/m0/s1. The minimum absolute atomic E-state index is 0.250. The Morgan fingerprint density at radius 1 is 1.04 bits per heavy atom. The Kier molecular flexibility index (Phi) is 4.81. The molecule has 1 amide bonds. The SMILES string of the molecule is NC(=O)CCc1cc2c(cc1O)[C@@H]1CCCC[C@@H]1[C@H](c1ccc(O)cc1)C2. The quantitative estimate of drug-likeness (QED) is 0.762. The van der Waals surface area contributed by atoms with E-state index in [9.17, 15) is 15.0 Å². The summed E-state index contributed by atoms with van der Waals surface area (Å²) in [5.41, 5.74) is 9.95. The van der Waals surface area contributed by atoms with E-state index in [1.807, 2.05) is 18.2 Å². The molecule has 2 aromatic carbocycles. The second kappa shape index (κ2) is 7.26. The number of phenolic OH excluding ortho intramolecular Hbond substituents is 2. The molecule has 0 aliphatic heterocycles. The molecule has 1 saturated carbocycles. The number of rotatable bonds is 4. The first-order chi connectivity index (χ1) is 13.0. The van der Waals surface area contributed by atoms with Crippen LogP contribution in [0.2, 0.25) is 0 Å². The lowest BCUT2D eigenvalue weighted by molar-refractivity contribution is -0.117. The van der Waals surface area contributed by atoms with Gasteiger partial charge in [0, 0.05) is 6.42 Å². The van der Waals surface area contributed by atoms with Crippen LogP contribution in [-0.2, 0) is 17.6 Å². The van der Waals surface area contributed by atoms with Gasteiger partial charge >= 0.3 is 0 Å². The minimum atomic E-state index is -0.346. The molecule has 0 saturated heterocycles. The van der Waals surface area contributed by atoms with Gasteiger partial charge in [-0.05, 0) is 83.9 Å². The van der Waals surface area contributed by atoms with Gasteiger partial charge < -0.3 is 15.9 Å². The van der Waals surface area contributed by atoms with Crippen LogP contribution in [0.3, 0.4) is 0 Å². The van der Waals surface area contributed by atoms with Crippen LogP contribution in [-0.4, -0.2) is 16.1 Å². The van der Waals surface area contributed by atoms with Crippen molar-refractivity contribution >= 4 is 5.91 Å². The van der Waals surface area contributed by atoms with Crippen LogP contribution in [0.25, 0.3) is 0 Å². The Hall–Kier alpha value is -2.49. The van der Waals surface area contributed by atoms with Crippen LogP contribution in [0.4, 0.5) is 0 Å². The number of carbonyl (C=O) groups excluding carboxylic acids is 1. The normalized spacial score (nSPS) is 24.1. The summed E-state index contributed by atoms with van der Waals surface area (Å²) in [6, 6.07) is 11.7. The molecular formula is C23H27NO3. The number of primary amides is 1. The van der Waals surface area contributed by atoms with Crippen molar-refractivity contribution in [1.29, 1.82) is 0 Å². The summed E-state index contributed by atoms with van der Waals surface area (Å²) < 4.78 is 0. The Balaban J connectivity index is 1.72. The molecule has 2 aliphatic carbocycles. The number of benzene rings is 2. The fourth-order valence-corrected chi connectivity index (χ4v) is 5.18. The highest BCUT2D eigenvalue weighted by Crippen LogP contribution is 2.52. The third-order valence-corrected chi connectivity index (χ3v) is 6.48. The number of hydrogen-bond acceptors (Lipinski definition) is 3. The lowest BCUT2D eigenvalue weighted by Crippen LogP contribution is -2.31. The number of aryl methyl sites for hydroxylation is 1. The van der Waals surface area contributed by atoms with Crippen molar-refractivity contribution in [3.8, 4) is 11.5 Å². The van der Waals surface area contributed by atoms with Crippen LogP contribution in [0, 0.1) is 5.92 Å². The van der Waals surface area contributed by atoms with E-state index < -0.39 is 0 Å². The molecule has 2 aromatic rings. The van der Waals surface area contributed by atoms with Gasteiger partial charge in [-0.15, -0.1) is 0 Å². The molecule has 4 N–H and O–H groups in total. The molecule has 0 heterocycles. The molecule has 1 fully saturated rings. The van der Waals surface area contributed by atoms with Crippen LogP contribution >= 0.6 is 0 Å². The third kappa shape index (κ3) is 3.53. The smallest absolute Gasteiger partial charge is 0.217 e. The van der Waals surface area contributed by atoms with E-state index in [1.54, 1.807) is 12.1 Å². The maximum absolute atomic E-state index is 11.1. The molecule has 27 heavy (non-hydrogen) atoms. The van der Waals surface area contributed by atoms with E-state index in [4.69, 9.17) is 5.73 Å². The van der Waals surface area contributed by atoms with Crippen LogP contribution in [0.15, 0.2) is 36.4 Å². The zero-order valence-electron chi connectivity index (χ0n) is 15.5. The summed E-state index contributed by atoms with van der Waals surface area (Å²) >= 11 is 0. The molecule has 142 valence electrons. The van der Waals surface area contributed by atoms with Gasteiger partial charge in [0.25, 0.3) is 0 Å². The van der Waals surface area contributed by atoms with Gasteiger partial charge in [-0.1, -0.05) is 31.0 Å². The van der Waals surface area contributed by atoms with Gasteiger partial charge in [-0.3, -0.25) is 4.79 Å². The molecule has 0 bridgehead atoms. The molecule has 4 heteroatoms. The predicted octanol–water partition coefficient (Wildman–Crippen LogP) is 4.13. The molecule has 2 aliphatic rings. The van der Waals surface area contributed by atoms with Gasteiger partial charge in [-0.25, -0.2) is 0 Å². The van der Waals surface area contributed by atoms with Crippen molar-refractivity contribution in [3.63, 3.8) is 0 Å². The molecular weight excluding hydrogens is 338 g/mol. The Labute approximate surface area is 160 Å². The molecule has 0 aromatic heterocycles. The van der Waals surface area contributed by atoms with E-state index in [0.717, 1.165) is 18.4 Å². The summed E-state index contributed by atoms with van der Waals surface area (Å²) in [4.78, 5) is 11.1. The molecule has 0 spiro atoms. The topological polar surface area (TPSA) is 83.6 Å². The zero-order chi connectivity index (χ0) is 19.0. The second-order valence-electron chi connectivity index (χ2n) is 8.10. The first kappa shape index (κ1) is 17.9. The average molecular weight is 365 g/mol. The van der Waals surface area contributed by atoms with E-state index in [2.05, 4.69) is 6.07 Å². The van der Waals surface area contributed by atoms with Gasteiger partial charge in [0.05, 0.1) is 0 Å². The molecule has 0 radical (unpaired) electrons. The number of carbonyl (C=O) groups is 1. The number of fused-ring (bicyclic) bond motifs is 3. The highest BCUT2D eigenvalue weighted by atomic mass is 16.3. The van der Waals surface area contributed by atoms with Crippen LogP contribution in [0.5, 0.6) is 11.5 Å². The predicted molar refractivity (Wildman–Crippen MR) is 105 cm³/mol. The molecule has 4 rings (SSSR count). The van der Waals surface area contributed by atoms with Gasteiger partial charge in [-0.2, -0.15) is 0 Å². The average Bonchev–Trinajstić information content (AvgIpc) is 2.67. The zero-order valence-corrected chi connectivity index (χ0v) is 15.5. The van der Waals surface area contributed by atoms with E-state index >= 15 is 0 Å². The lowest BCUT2D eigenvalue weighted by atomic mass is 9.61. The minimum Gasteiger partial charge on any atom is -0.508 e. The number of phenols is 2. The number of hydrogen-bond donors (Lipinski definition) is 3. The summed E-state index contributed by atoms with van der Waals surface area (Å²) in [5.74, 6) is 1.72. The Morgan fingerprint density at radius 3 is 2.52 bits per heavy atom. The van der Waals surface area contributed by atoms with Crippen molar-refractivity contribution < 1.29 is 15.0 Å². The van der Waals surface area contributed by atoms with Crippen LogP contribution in [0.1, 0.15) is 66.2 Å². The van der Waals surface area contributed by atoms with E-state index in [0.29, 0.717) is 35.7 Å². The first-order valence-corrected chi connectivity index (χ1v) is 9.95. The molecule has 0 unspecified atom stereocenters. The monoisotopic (exact) mass is 365 g/mol. The van der Waals surface area contributed by atoms with Crippen LogP contribution < -0.4 is 5.73 Å².